The molecule has 2 heteroatoms. The standard InChI is InChI=1S/C21H22N2/c1-6-21(4)12-11-14-17(19(21)22-5)16-13-9-7-8-10-15(13)23-18(16)20(14,2)3/h6-10,14,23H,1,11-12H2,2-4H3/t14-,21+/m0/s1. The van der Waals surface area contributed by atoms with Crippen LogP contribution in [0.3, 0.4) is 0 Å². The van der Waals surface area contributed by atoms with Gasteiger partial charge in [-0.1, -0.05) is 45.0 Å². The van der Waals surface area contributed by atoms with Gasteiger partial charge >= 0.3 is 0 Å². The smallest absolute Gasteiger partial charge is 0.179 e. The van der Waals surface area contributed by atoms with Crippen LogP contribution in [0.1, 0.15) is 44.9 Å². The average molecular weight is 302 g/mol. The maximum Gasteiger partial charge on any atom is 0.179 e. The minimum Gasteiger partial charge on any atom is -0.357 e. The predicted octanol–water partition coefficient (Wildman–Crippen LogP) is 5.69. The van der Waals surface area contributed by atoms with E-state index in [1.807, 2.05) is 6.08 Å². The van der Waals surface area contributed by atoms with Crippen LogP contribution in [0, 0.1) is 17.9 Å². The van der Waals surface area contributed by atoms with Crippen LogP contribution in [-0.2, 0) is 5.41 Å². The molecule has 0 spiro atoms. The maximum atomic E-state index is 7.85. The van der Waals surface area contributed by atoms with Gasteiger partial charge in [0, 0.05) is 27.4 Å². The molecule has 1 heterocycles. The van der Waals surface area contributed by atoms with Crippen LogP contribution in [0.2, 0.25) is 0 Å². The van der Waals surface area contributed by atoms with Crippen molar-refractivity contribution in [3.8, 4) is 0 Å². The van der Waals surface area contributed by atoms with Gasteiger partial charge in [0.1, 0.15) is 0 Å². The summed E-state index contributed by atoms with van der Waals surface area (Å²) in [5, 5.41) is 1.25. The van der Waals surface area contributed by atoms with Gasteiger partial charge in [-0.2, -0.15) is 0 Å². The summed E-state index contributed by atoms with van der Waals surface area (Å²) in [5.41, 5.74) is 5.77. The van der Waals surface area contributed by atoms with E-state index in [4.69, 9.17) is 6.57 Å². The fourth-order valence-corrected chi connectivity index (χ4v) is 4.66. The van der Waals surface area contributed by atoms with Crippen molar-refractivity contribution in [3.63, 3.8) is 0 Å². The topological polar surface area (TPSA) is 20.1 Å². The van der Waals surface area contributed by atoms with E-state index in [2.05, 4.69) is 61.4 Å². The molecule has 0 saturated heterocycles. The number of allylic oxidation sites excluding steroid dienone is 2. The quantitative estimate of drug-likeness (QED) is 0.516. The Labute approximate surface area is 137 Å². The number of H-pyrrole nitrogens is 1. The normalized spacial score (nSPS) is 28.3. The van der Waals surface area contributed by atoms with Crippen molar-refractivity contribution in [3.05, 3.63) is 65.3 Å². The number of aromatic amines is 1. The number of benzene rings is 1. The van der Waals surface area contributed by atoms with Crippen LogP contribution in [-0.4, -0.2) is 4.98 Å². The molecule has 1 aromatic carbocycles. The first kappa shape index (κ1) is 14.3. The lowest BCUT2D eigenvalue weighted by molar-refractivity contribution is 0.314. The van der Waals surface area contributed by atoms with Crippen molar-refractivity contribution in [2.45, 2.75) is 39.0 Å². The highest BCUT2D eigenvalue weighted by molar-refractivity contribution is 5.99. The number of hydrogen-bond acceptors (Lipinski definition) is 0. The Balaban J connectivity index is 2.15. The Morgan fingerprint density at radius 1 is 1.30 bits per heavy atom. The van der Waals surface area contributed by atoms with Crippen LogP contribution in [0.25, 0.3) is 21.3 Å². The molecule has 1 N–H and O–H groups in total. The summed E-state index contributed by atoms with van der Waals surface area (Å²) in [5.74, 6) is 0.422. The highest BCUT2D eigenvalue weighted by Gasteiger charge is 2.51. The van der Waals surface area contributed by atoms with E-state index in [-0.39, 0.29) is 10.8 Å². The van der Waals surface area contributed by atoms with Gasteiger partial charge < -0.3 is 4.98 Å². The van der Waals surface area contributed by atoms with Gasteiger partial charge in [-0.25, -0.2) is 4.85 Å². The first-order chi connectivity index (χ1) is 10.9. The van der Waals surface area contributed by atoms with Crippen molar-refractivity contribution < 1.29 is 0 Å². The zero-order valence-corrected chi connectivity index (χ0v) is 14.0. The van der Waals surface area contributed by atoms with E-state index < -0.39 is 0 Å². The first-order valence-electron chi connectivity index (χ1n) is 8.31. The second-order valence-electron chi connectivity index (χ2n) is 7.73. The summed E-state index contributed by atoms with van der Waals surface area (Å²) < 4.78 is 0. The Bertz CT molecular complexity index is 904. The van der Waals surface area contributed by atoms with Crippen LogP contribution >= 0.6 is 0 Å². The molecule has 0 amide bonds. The lowest BCUT2D eigenvalue weighted by atomic mass is 9.66. The Morgan fingerprint density at radius 2 is 2.04 bits per heavy atom. The van der Waals surface area contributed by atoms with E-state index in [0.29, 0.717) is 5.92 Å². The number of aromatic nitrogens is 1. The molecule has 0 aliphatic heterocycles. The molecular weight excluding hydrogens is 280 g/mol. The number of para-hydroxylation sites is 1. The van der Waals surface area contributed by atoms with E-state index in [1.54, 1.807) is 0 Å². The van der Waals surface area contributed by atoms with Crippen LogP contribution in [0.5, 0.6) is 0 Å². The molecular formula is C21H22N2. The number of fused-ring (bicyclic) bond motifs is 5. The third-order valence-electron chi connectivity index (χ3n) is 6.15. The maximum absolute atomic E-state index is 7.85. The molecule has 2 atom stereocenters. The van der Waals surface area contributed by atoms with Crippen molar-refractivity contribution in [2.75, 3.05) is 0 Å². The first-order valence-corrected chi connectivity index (χ1v) is 8.31. The minimum absolute atomic E-state index is 0.0438. The van der Waals surface area contributed by atoms with Crippen LogP contribution in [0.4, 0.5) is 0 Å². The fourth-order valence-electron chi connectivity index (χ4n) is 4.66. The van der Waals surface area contributed by atoms with Crippen molar-refractivity contribution >= 4 is 16.5 Å². The lowest BCUT2D eigenvalue weighted by Crippen LogP contribution is -2.31. The van der Waals surface area contributed by atoms with Crippen molar-refractivity contribution in [1.29, 1.82) is 0 Å². The molecule has 0 bridgehead atoms. The third-order valence-corrected chi connectivity index (χ3v) is 6.15. The molecule has 0 fully saturated rings. The fraction of sp³-hybridized carbons (Fsp3) is 0.381. The summed E-state index contributed by atoms with van der Waals surface area (Å²) in [6, 6.07) is 8.46. The second-order valence-corrected chi connectivity index (χ2v) is 7.73. The molecule has 2 aromatic rings. The van der Waals surface area contributed by atoms with E-state index in [0.717, 1.165) is 18.5 Å². The molecule has 0 radical (unpaired) electrons. The monoisotopic (exact) mass is 302 g/mol. The third kappa shape index (κ3) is 1.63. The number of hydrogen-bond donors (Lipinski definition) is 1. The summed E-state index contributed by atoms with van der Waals surface area (Å²) in [6.07, 6.45) is 4.10. The van der Waals surface area contributed by atoms with E-state index in [9.17, 15) is 0 Å². The van der Waals surface area contributed by atoms with Crippen LogP contribution < -0.4 is 0 Å². The largest absolute Gasteiger partial charge is 0.357 e. The van der Waals surface area contributed by atoms with Gasteiger partial charge in [0.25, 0.3) is 0 Å². The SMILES string of the molecule is [C-]#[N+]C1=C2c3c([nH]c4ccccc34)C(C)(C)[C@H]2CC[C@@]1(C)C=C. The number of nitrogens with one attached hydrogen (secondary N) is 1. The predicted molar refractivity (Wildman–Crippen MR) is 95.9 cm³/mol. The van der Waals surface area contributed by atoms with Gasteiger partial charge in [-0.05, 0) is 36.0 Å². The Hall–Kier alpha value is -2.27. The number of rotatable bonds is 1. The zero-order chi connectivity index (χ0) is 16.4. The summed E-state index contributed by atoms with van der Waals surface area (Å²) in [6.45, 7) is 18.7. The highest BCUT2D eigenvalue weighted by atomic mass is 14.8. The molecule has 1 aromatic heterocycles. The number of nitrogens with zero attached hydrogens (tertiary/aromatic N) is 1. The van der Waals surface area contributed by atoms with Gasteiger partial charge in [0.15, 0.2) is 5.70 Å². The molecule has 23 heavy (non-hydrogen) atoms. The molecule has 116 valence electrons. The zero-order valence-electron chi connectivity index (χ0n) is 14.0. The molecule has 0 unspecified atom stereocenters. The molecule has 2 aliphatic rings. The summed E-state index contributed by atoms with van der Waals surface area (Å²) >= 11 is 0. The Kier molecular flexibility index (Phi) is 2.73. The summed E-state index contributed by atoms with van der Waals surface area (Å²) in [7, 11) is 0. The minimum atomic E-state index is -0.205. The van der Waals surface area contributed by atoms with Gasteiger partial charge in [0.2, 0.25) is 0 Å². The average Bonchev–Trinajstić information content (AvgIpc) is 3.02. The Morgan fingerprint density at radius 3 is 2.74 bits per heavy atom. The molecule has 4 rings (SSSR count). The summed E-state index contributed by atoms with van der Waals surface area (Å²) in [4.78, 5) is 7.66. The van der Waals surface area contributed by atoms with Gasteiger partial charge in [-0.15, -0.1) is 6.58 Å². The second kappa shape index (κ2) is 4.38. The van der Waals surface area contributed by atoms with Crippen molar-refractivity contribution in [1.82, 2.24) is 4.98 Å². The van der Waals surface area contributed by atoms with Gasteiger partial charge in [0.05, 0.1) is 6.57 Å². The van der Waals surface area contributed by atoms with E-state index >= 15 is 0 Å². The molecule has 2 nitrogen and oxygen atoms in total. The highest BCUT2D eigenvalue weighted by Crippen LogP contribution is 2.60. The van der Waals surface area contributed by atoms with Crippen LogP contribution in [0.15, 0.2) is 42.6 Å². The lowest BCUT2D eigenvalue weighted by Gasteiger charge is -2.38. The van der Waals surface area contributed by atoms with E-state index in [1.165, 1.54) is 27.7 Å². The van der Waals surface area contributed by atoms with Gasteiger partial charge in [-0.3, -0.25) is 0 Å². The molecule has 0 saturated carbocycles. The molecule has 2 aliphatic carbocycles. The van der Waals surface area contributed by atoms with Crippen molar-refractivity contribution in [2.24, 2.45) is 11.3 Å².